The van der Waals surface area contributed by atoms with E-state index in [9.17, 15) is 22.4 Å². The molecule has 0 bridgehead atoms. The summed E-state index contributed by atoms with van der Waals surface area (Å²) in [6, 6.07) is 17.1. The van der Waals surface area contributed by atoms with Gasteiger partial charge in [0.25, 0.3) is 10.0 Å². The highest BCUT2D eigenvalue weighted by molar-refractivity contribution is 9.10. The average Bonchev–Trinajstić information content (AvgIpc) is 2.96. The number of hydrogen-bond acceptors (Lipinski definition) is 5. The molecule has 1 atom stereocenters. The summed E-state index contributed by atoms with van der Waals surface area (Å²) in [6.07, 6.45) is 1.68. The van der Waals surface area contributed by atoms with E-state index in [4.69, 9.17) is 4.74 Å². The van der Waals surface area contributed by atoms with Crippen molar-refractivity contribution in [3.63, 3.8) is 0 Å². The molecule has 41 heavy (non-hydrogen) atoms. The number of ether oxygens (including phenoxy) is 1. The van der Waals surface area contributed by atoms with Crippen LogP contribution in [0.15, 0.2) is 82.2 Å². The van der Waals surface area contributed by atoms with Gasteiger partial charge in [0, 0.05) is 17.6 Å². The minimum absolute atomic E-state index is 0.0668. The first-order valence-electron chi connectivity index (χ1n) is 13.4. The number of hydrogen-bond donors (Lipinski definition) is 1. The average molecular weight is 649 g/mol. The summed E-state index contributed by atoms with van der Waals surface area (Å²) >= 11 is 3.40. The van der Waals surface area contributed by atoms with Crippen molar-refractivity contribution in [1.29, 1.82) is 0 Å². The number of sulfonamides is 1. The molecule has 0 aliphatic carbocycles. The molecule has 2 amide bonds. The maximum Gasteiger partial charge on any atom is 0.264 e. The van der Waals surface area contributed by atoms with Crippen molar-refractivity contribution in [3.8, 4) is 5.75 Å². The fraction of sp³-hybridized carbons (Fsp3) is 0.333. The first kappa shape index (κ1) is 32.1. The number of rotatable bonds is 14. The zero-order valence-electron chi connectivity index (χ0n) is 23.3. The molecule has 1 unspecified atom stereocenters. The Morgan fingerprint density at radius 1 is 0.976 bits per heavy atom. The Balaban J connectivity index is 1.98. The predicted molar refractivity (Wildman–Crippen MR) is 161 cm³/mol. The smallest absolute Gasteiger partial charge is 0.264 e. The summed E-state index contributed by atoms with van der Waals surface area (Å²) in [6.45, 7) is 5.79. The highest BCUT2D eigenvalue weighted by Gasteiger charge is 2.32. The van der Waals surface area contributed by atoms with Gasteiger partial charge in [-0.15, -0.1) is 0 Å². The summed E-state index contributed by atoms with van der Waals surface area (Å²) in [5, 5.41) is 2.85. The Morgan fingerprint density at radius 2 is 1.61 bits per heavy atom. The molecule has 0 aromatic heterocycles. The fourth-order valence-corrected chi connectivity index (χ4v) is 5.72. The molecule has 0 saturated carbocycles. The Morgan fingerprint density at radius 3 is 2.20 bits per heavy atom. The molecule has 3 rings (SSSR count). The highest BCUT2D eigenvalue weighted by Crippen LogP contribution is 2.26. The maximum absolute atomic E-state index is 13.9. The van der Waals surface area contributed by atoms with Crippen LogP contribution < -0.4 is 14.4 Å². The van der Waals surface area contributed by atoms with Gasteiger partial charge in [-0.1, -0.05) is 41.4 Å². The molecule has 0 saturated heterocycles. The van der Waals surface area contributed by atoms with Gasteiger partial charge in [-0.25, -0.2) is 12.8 Å². The molecule has 3 aromatic carbocycles. The van der Waals surface area contributed by atoms with E-state index in [1.54, 1.807) is 6.92 Å². The number of amides is 2. The molecule has 0 aliphatic rings. The second kappa shape index (κ2) is 15.0. The van der Waals surface area contributed by atoms with Gasteiger partial charge in [-0.3, -0.25) is 13.9 Å². The number of carbonyl (C=O) groups excluding carboxylic acids is 2. The lowest BCUT2D eigenvalue weighted by molar-refractivity contribution is -0.139. The quantitative estimate of drug-likeness (QED) is 0.233. The molecule has 220 valence electrons. The van der Waals surface area contributed by atoms with E-state index in [0.717, 1.165) is 39.3 Å². The lowest BCUT2D eigenvalue weighted by Gasteiger charge is -2.32. The minimum atomic E-state index is -4.27. The SMILES string of the molecule is CCCCNC(=O)C(C)N(Cc1ccc(Br)cc1)C(=O)CN(c1ccc(F)cc1)S(=O)(=O)c1ccc(OCC)cc1. The summed E-state index contributed by atoms with van der Waals surface area (Å²) in [4.78, 5) is 28.2. The van der Waals surface area contributed by atoms with Crippen LogP contribution in [0, 0.1) is 5.82 Å². The third-order valence-electron chi connectivity index (χ3n) is 6.38. The lowest BCUT2D eigenvalue weighted by atomic mass is 10.1. The van der Waals surface area contributed by atoms with Crippen LogP contribution in [0.3, 0.4) is 0 Å². The topological polar surface area (TPSA) is 96.0 Å². The zero-order chi connectivity index (χ0) is 30.0. The van der Waals surface area contributed by atoms with Crippen LogP contribution in [-0.2, 0) is 26.2 Å². The van der Waals surface area contributed by atoms with Crippen LogP contribution in [0.2, 0.25) is 0 Å². The van der Waals surface area contributed by atoms with E-state index in [1.165, 1.54) is 41.3 Å². The third kappa shape index (κ3) is 8.77. The van der Waals surface area contributed by atoms with Crippen LogP contribution in [0.4, 0.5) is 10.1 Å². The molecular weight excluding hydrogens is 613 g/mol. The zero-order valence-corrected chi connectivity index (χ0v) is 25.8. The van der Waals surface area contributed by atoms with E-state index in [2.05, 4.69) is 21.2 Å². The molecule has 0 fully saturated rings. The van der Waals surface area contributed by atoms with E-state index >= 15 is 0 Å². The van der Waals surface area contributed by atoms with Gasteiger partial charge in [0.2, 0.25) is 11.8 Å². The van der Waals surface area contributed by atoms with Gasteiger partial charge in [0.1, 0.15) is 24.2 Å². The third-order valence-corrected chi connectivity index (χ3v) is 8.70. The molecule has 0 spiro atoms. The van der Waals surface area contributed by atoms with E-state index < -0.39 is 34.3 Å². The summed E-state index contributed by atoms with van der Waals surface area (Å²) in [5.41, 5.74) is 0.870. The van der Waals surface area contributed by atoms with E-state index in [-0.39, 0.29) is 23.0 Å². The molecule has 0 heterocycles. The highest BCUT2D eigenvalue weighted by atomic mass is 79.9. The Labute approximate surface area is 249 Å². The van der Waals surface area contributed by atoms with Gasteiger partial charge in [-0.05, 0) is 86.5 Å². The number of benzene rings is 3. The van der Waals surface area contributed by atoms with Crippen LogP contribution in [0.25, 0.3) is 0 Å². The van der Waals surface area contributed by atoms with Crippen molar-refractivity contribution < 1.29 is 27.1 Å². The predicted octanol–water partition coefficient (Wildman–Crippen LogP) is 5.52. The standard InChI is InChI=1S/C30H35BrFN3O5S/c1-4-6-19-33-30(37)22(3)34(20-23-7-9-24(31)10-8-23)29(36)21-35(26-13-11-25(32)12-14-26)41(38,39)28-17-15-27(16-18-28)40-5-2/h7-18,22H,4-6,19-21H2,1-3H3,(H,33,37). The fourth-order valence-electron chi connectivity index (χ4n) is 4.04. The molecule has 11 heteroatoms. The van der Waals surface area contributed by atoms with Gasteiger partial charge in [0.05, 0.1) is 17.2 Å². The molecule has 1 N–H and O–H groups in total. The van der Waals surface area contributed by atoms with Crippen LogP contribution in [-0.4, -0.2) is 50.9 Å². The van der Waals surface area contributed by atoms with Gasteiger partial charge in [-0.2, -0.15) is 0 Å². The van der Waals surface area contributed by atoms with Crippen LogP contribution >= 0.6 is 15.9 Å². The number of nitrogens with zero attached hydrogens (tertiary/aromatic N) is 2. The number of nitrogens with one attached hydrogen (secondary N) is 1. The van der Waals surface area contributed by atoms with Crippen molar-refractivity contribution in [2.24, 2.45) is 0 Å². The van der Waals surface area contributed by atoms with Crippen molar-refractivity contribution in [1.82, 2.24) is 10.2 Å². The second-order valence-electron chi connectivity index (χ2n) is 9.36. The number of unbranched alkanes of at least 4 members (excludes halogenated alkanes) is 1. The number of anilines is 1. The summed E-state index contributed by atoms with van der Waals surface area (Å²) in [7, 11) is -4.27. The van der Waals surface area contributed by atoms with E-state index in [0.29, 0.717) is 18.9 Å². The van der Waals surface area contributed by atoms with Crippen molar-refractivity contribution in [2.75, 3.05) is 24.0 Å². The van der Waals surface area contributed by atoms with Crippen LogP contribution in [0.1, 0.15) is 39.2 Å². The first-order valence-corrected chi connectivity index (χ1v) is 15.6. The van der Waals surface area contributed by atoms with Crippen molar-refractivity contribution >= 4 is 43.5 Å². The monoisotopic (exact) mass is 647 g/mol. The molecule has 0 radical (unpaired) electrons. The Kier molecular flexibility index (Phi) is 11.7. The number of halogens is 2. The summed E-state index contributed by atoms with van der Waals surface area (Å²) < 4.78 is 48.7. The van der Waals surface area contributed by atoms with E-state index in [1.807, 2.05) is 38.1 Å². The Hall–Kier alpha value is -3.44. The Bertz CT molecular complexity index is 1400. The maximum atomic E-state index is 13.9. The normalized spacial score (nSPS) is 11.9. The van der Waals surface area contributed by atoms with Crippen molar-refractivity contribution in [2.45, 2.75) is 51.1 Å². The van der Waals surface area contributed by atoms with Gasteiger partial charge < -0.3 is 15.0 Å². The van der Waals surface area contributed by atoms with Crippen molar-refractivity contribution in [3.05, 3.63) is 88.6 Å². The largest absolute Gasteiger partial charge is 0.494 e. The minimum Gasteiger partial charge on any atom is -0.494 e. The lowest BCUT2D eigenvalue weighted by Crippen LogP contribution is -2.51. The molecular formula is C30H35BrFN3O5S. The molecule has 0 aliphatic heterocycles. The first-order chi connectivity index (χ1) is 19.6. The van der Waals surface area contributed by atoms with Crippen LogP contribution in [0.5, 0.6) is 5.75 Å². The molecule has 3 aromatic rings. The molecule has 8 nitrogen and oxygen atoms in total. The second-order valence-corrected chi connectivity index (χ2v) is 12.1. The number of carbonyl (C=O) groups is 2. The van der Waals surface area contributed by atoms with Gasteiger partial charge >= 0.3 is 0 Å². The van der Waals surface area contributed by atoms with Gasteiger partial charge in [0.15, 0.2) is 0 Å². The summed E-state index contributed by atoms with van der Waals surface area (Å²) in [5.74, 6) is -0.983.